The molecule has 0 saturated heterocycles. The van der Waals surface area contributed by atoms with Gasteiger partial charge in [0, 0.05) is 83.9 Å². The van der Waals surface area contributed by atoms with Crippen molar-refractivity contribution in [3.63, 3.8) is 0 Å². The highest BCUT2D eigenvalue weighted by Crippen LogP contribution is 2.38. The summed E-state index contributed by atoms with van der Waals surface area (Å²) >= 11 is 0. The lowest BCUT2D eigenvalue weighted by Crippen LogP contribution is -2.32. The van der Waals surface area contributed by atoms with Crippen LogP contribution in [0, 0.1) is 75.9 Å². The maximum absolute atomic E-state index is 8.40. The summed E-state index contributed by atoms with van der Waals surface area (Å²) in [6.07, 6.45) is 7.44. The zero-order chi connectivity index (χ0) is 82.5. The van der Waals surface area contributed by atoms with Crippen LogP contribution in [0.1, 0.15) is 190 Å². The molecule has 1 unspecified atom stereocenters. The SMILES string of the molecule is Cc1cc(C)c(-c2cc(C(C)C)c(C(C)C)c[n+]2C)cc1-c1ccccc1.Cc1cc(C)c(-c2cc(C(C)C)c(C)c[n+]2C)cc1-c1ccccc1.[2H]C(C)c1cc(-c2cc(-c3ccccc3)c(C([2H])([2H])[2H])cc2C)[n+](C)cc1C([2H])([2H])[2H].[2H]C([2H])([2H])c1cc(C)c(-c2cc(C)c(C([2H])(C)C)c[n+]2C)cc1-c1ccccc1. The predicted octanol–water partition coefficient (Wildman–Crippen LogP) is 23.8. The number of hydrogen-bond donors (Lipinski definition) is 0. The average Bonchev–Trinajstić information content (AvgIpc) is 0.760. The molecule has 0 spiro atoms. The molecule has 0 aliphatic rings. The second kappa shape index (κ2) is 33.2. The summed E-state index contributed by atoms with van der Waals surface area (Å²) in [6.45, 7) is 29.2. The van der Waals surface area contributed by atoms with E-state index >= 15 is 0 Å². The quantitative estimate of drug-likeness (QED) is 0.102. The third kappa shape index (κ3) is 17.6. The first-order chi connectivity index (χ1) is 52.4. The molecule has 4 heteroatoms. The highest BCUT2D eigenvalue weighted by molar-refractivity contribution is 5.80. The minimum absolute atomic E-state index is 0.154. The van der Waals surface area contributed by atoms with Gasteiger partial charge in [-0.05, 0) is 242 Å². The molecule has 4 nitrogen and oxygen atoms in total. The monoisotopic (exact) mass is 1350 g/mol. The van der Waals surface area contributed by atoms with E-state index in [-0.39, 0.29) is 11.1 Å². The Bertz CT molecular complexity index is 5340. The first-order valence-electron chi connectivity index (χ1n) is 41.2. The van der Waals surface area contributed by atoms with E-state index in [9.17, 15) is 0 Å². The maximum Gasteiger partial charge on any atom is 0.212 e. The molecule has 0 amide bonds. The van der Waals surface area contributed by atoms with Crippen molar-refractivity contribution < 1.29 is 33.3 Å². The molecule has 0 fully saturated rings. The van der Waals surface area contributed by atoms with E-state index in [0.717, 1.165) is 61.5 Å². The van der Waals surface area contributed by atoms with Gasteiger partial charge in [-0.1, -0.05) is 208 Å². The summed E-state index contributed by atoms with van der Waals surface area (Å²) in [6, 6.07) is 65.7. The standard InChI is InChI=1S/C26H32N.2C24H28N.C23H26N/c1-17(2)22-15-26(27(7)16-25(22)18(3)4)24-14-23(19(5)13-20(24)6)21-11-9-8-10-12-21;1-16(2)21-14-24(25(6)15-19(21)5)23-13-22(17(3)12-18(23)4)20-10-8-7-9-11-20;1-16(2)23-15-25(6)24(13-19(23)5)22-14-21(17(3)12-18(22)4)20-10-8-7-9-11-20;1-6-19-13-23(24(5)15-18(19)4)22-14-21(16(2)12-17(22)3)20-10-8-7-9-11-20/h8-18H,1-7H3;2*7-16H,1-6H3;7-15H,6H2,1-5H3/q4*+1/i;;3D3,16D;2D3,4D3,6D. The molecular formula is C97H114N4+4. The summed E-state index contributed by atoms with van der Waals surface area (Å²) in [5.74, 6) is 0.887. The van der Waals surface area contributed by atoms with Crippen LogP contribution in [-0.2, 0) is 34.6 Å². The van der Waals surface area contributed by atoms with Crippen LogP contribution >= 0.6 is 0 Å². The Hall–Kier alpha value is -9.64. The zero-order valence-corrected chi connectivity index (χ0v) is 63.9. The molecule has 101 heavy (non-hydrogen) atoms. The molecule has 0 saturated carbocycles. The Balaban J connectivity index is 0.000000172. The van der Waals surface area contributed by atoms with E-state index in [1.165, 1.54) is 89.3 Å². The third-order valence-electron chi connectivity index (χ3n) is 19.7. The normalized spacial score (nSPS) is 13.6. The van der Waals surface area contributed by atoms with Gasteiger partial charge in [-0.25, -0.2) is 18.3 Å². The number of hydrogen-bond acceptors (Lipinski definition) is 0. The zero-order valence-electron chi connectivity index (χ0n) is 74.9. The Labute approximate surface area is 624 Å². The van der Waals surface area contributed by atoms with Crippen LogP contribution in [0.2, 0.25) is 0 Å². The topological polar surface area (TPSA) is 15.5 Å². The number of benzene rings is 8. The van der Waals surface area contributed by atoms with Crippen molar-refractivity contribution >= 4 is 0 Å². The molecule has 4 aromatic heterocycles. The van der Waals surface area contributed by atoms with Crippen molar-refractivity contribution in [3.8, 4) is 89.5 Å². The lowest BCUT2D eigenvalue weighted by molar-refractivity contribution is -0.661. The van der Waals surface area contributed by atoms with Crippen molar-refractivity contribution in [1.82, 2.24) is 0 Å². The molecule has 0 bridgehead atoms. The fourth-order valence-corrected chi connectivity index (χ4v) is 14.1. The molecule has 4 heterocycles. The number of aryl methyl sites for hydroxylation is 16. The minimum atomic E-state index is -2.32. The second-order valence-electron chi connectivity index (χ2n) is 28.7. The molecule has 518 valence electrons. The van der Waals surface area contributed by atoms with E-state index in [1.807, 2.05) is 125 Å². The Kier molecular flexibility index (Phi) is 20.1. The minimum Gasteiger partial charge on any atom is -0.201 e. The highest BCUT2D eigenvalue weighted by atomic mass is 14.9. The number of aromatic nitrogens is 4. The molecule has 0 radical (unpaired) electrons. The summed E-state index contributed by atoms with van der Waals surface area (Å²) in [4.78, 5) is 0. The second-order valence-corrected chi connectivity index (χ2v) is 28.7. The Morgan fingerprint density at radius 1 is 0.287 bits per heavy atom. The molecule has 1 atom stereocenters. The van der Waals surface area contributed by atoms with E-state index in [2.05, 4.69) is 215 Å². The van der Waals surface area contributed by atoms with Crippen LogP contribution in [0.5, 0.6) is 0 Å². The van der Waals surface area contributed by atoms with Crippen molar-refractivity contribution in [2.24, 2.45) is 28.2 Å². The number of pyridine rings is 4. The van der Waals surface area contributed by atoms with E-state index in [0.29, 0.717) is 34.4 Å². The van der Waals surface area contributed by atoms with Gasteiger partial charge in [0.1, 0.15) is 28.2 Å². The van der Waals surface area contributed by atoms with Gasteiger partial charge in [0.25, 0.3) is 0 Å². The van der Waals surface area contributed by atoms with Gasteiger partial charge in [0.15, 0.2) is 24.8 Å². The fourth-order valence-electron chi connectivity index (χ4n) is 14.1. The van der Waals surface area contributed by atoms with Crippen LogP contribution in [0.3, 0.4) is 0 Å². The van der Waals surface area contributed by atoms with Gasteiger partial charge in [-0.15, -0.1) is 0 Å². The Morgan fingerprint density at radius 2 is 0.574 bits per heavy atom. The average molecular weight is 1350 g/mol. The van der Waals surface area contributed by atoms with Gasteiger partial charge in [0.05, 0.1) is 0 Å². The lowest BCUT2D eigenvalue weighted by Gasteiger charge is -2.17. The van der Waals surface area contributed by atoms with Crippen molar-refractivity contribution in [2.45, 2.75) is 168 Å². The van der Waals surface area contributed by atoms with Gasteiger partial charge in [-0.2, -0.15) is 0 Å². The third-order valence-corrected chi connectivity index (χ3v) is 19.7. The number of rotatable bonds is 13. The van der Waals surface area contributed by atoms with Gasteiger partial charge >= 0.3 is 0 Å². The predicted molar refractivity (Wildman–Crippen MR) is 432 cm³/mol. The fraction of sp³-hybridized carbons (Fsp3) is 0.299. The molecule has 12 aromatic rings. The van der Waals surface area contributed by atoms with Gasteiger partial charge in [0.2, 0.25) is 22.8 Å². The molecule has 8 aromatic carbocycles. The lowest BCUT2D eigenvalue weighted by atomic mass is 9.88. The van der Waals surface area contributed by atoms with Crippen molar-refractivity contribution in [1.29, 1.82) is 0 Å². The van der Waals surface area contributed by atoms with Crippen LogP contribution in [-0.4, -0.2) is 0 Å². The van der Waals surface area contributed by atoms with Crippen molar-refractivity contribution in [3.05, 3.63) is 308 Å². The van der Waals surface area contributed by atoms with Gasteiger partial charge < -0.3 is 0 Å². The molecule has 0 N–H and O–H groups in total. The summed E-state index contributed by atoms with van der Waals surface area (Å²) in [5, 5.41) is 0. The summed E-state index contributed by atoms with van der Waals surface area (Å²) in [5.41, 5.74) is 32.9. The van der Waals surface area contributed by atoms with Crippen LogP contribution in [0.15, 0.2) is 219 Å². The highest BCUT2D eigenvalue weighted by Gasteiger charge is 2.25. The number of nitrogens with zero attached hydrogens (tertiary/aromatic N) is 4. The maximum atomic E-state index is 8.40. The van der Waals surface area contributed by atoms with E-state index < -0.39 is 32.8 Å². The van der Waals surface area contributed by atoms with Crippen LogP contribution < -0.4 is 18.3 Å². The molecule has 12 rings (SSSR count). The summed E-state index contributed by atoms with van der Waals surface area (Å²) in [7, 11) is 8.06. The van der Waals surface area contributed by atoms with Crippen molar-refractivity contribution in [2.75, 3.05) is 0 Å². The smallest absolute Gasteiger partial charge is 0.201 e. The largest absolute Gasteiger partial charge is 0.212 e. The molecular weight excluding hydrogens is 1220 g/mol. The first kappa shape index (κ1) is 61.2. The van der Waals surface area contributed by atoms with Gasteiger partial charge in [-0.3, -0.25) is 0 Å². The Morgan fingerprint density at radius 3 is 0.911 bits per heavy atom. The van der Waals surface area contributed by atoms with E-state index in [4.69, 9.17) is 15.1 Å². The first-order valence-corrected chi connectivity index (χ1v) is 35.6. The van der Waals surface area contributed by atoms with Crippen LogP contribution in [0.25, 0.3) is 89.5 Å². The van der Waals surface area contributed by atoms with E-state index in [1.54, 1.807) is 42.9 Å². The molecule has 0 aliphatic carbocycles. The molecule has 0 aliphatic heterocycles. The summed E-state index contributed by atoms with van der Waals surface area (Å²) < 4.78 is 96.5. The van der Waals surface area contributed by atoms with Crippen LogP contribution in [0.4, 0.5) is 0 Å².